The number of anilines is 1. The summed E-state index contributed by atoms with van der Waals surface area (Å²) in [4.78, 5) is 26.4. The molecule has 0 aliphatic carbocycles. The standard InChI is InChI=1S/C11H15N5O2/c1-2-18-16-5-3-15(4-6-16)11-13-7-9(8-14-11)10(12)17/h2,7-8H,1,3-6H2,(H2,12,17). The summed E-state index contributed by atoms with van der Waals surface area (Å²) >= 11 is 0. The Morgan fingerprint density at radius 2 is 1.94 bits per heavy atom. The second-order valence-electron chi connectivity index (χ2n) is 3.82. The van der Waals surface area contributed by atoms with Gasteiger partial charge in [0.2, 0.25) is 5.95 Å². The molecule has 0 aromatic carbocycles. The van der Waals surface area contributed by atoms with Gasteiger partial charge in [-0.25, -0.2) is 9.97 Å². The van der Waals surface area contributed by atoms with Crippen LogP contribution in [0.5, 0.6) is 0 Å². The van der Waals surface area contributed by atoms with Crippen LogP contribution in [0.15, 0.2) is 25.2 Å². The number of rotatable bonds is 4. The number of hydrogen-bond acceptors (Lipinski definition) is 6. The molecule has 1 aliphatic rings. The Kier molecular flexibility index (Phi) is 3.73. The van der Waals surface area contributed by atoms with Gasteiger partial charge in [-0.1, -0.05) is 6.58 Å². The van der Waals surface area contributed by atoms with Crippen LogP contribution in [-0.2, 0) is 4.84 Å². The van der Waals surface area contributed by atoms with Crippen LogP contribution in [0.2, 0.25) is 0 Å². The number of primary amides is 1. The highest BCUT2D eigenvalue weighted by molar-refractivity contribution is 5.92. The van der Waals surface area contributed by atoms with Gasteiger partial charge in [0, 0.05) is 25.5 Å². The van der Waals surface area contributed by atoms with E-state index in [9.17, 15) is 4.79 Å². The van der Waals surface area contributed by atoms with E-state index >= 15 is 0 Å². The monoisotopic (exact) mass is 249 g/mol. The maximum atomic E-state index is 10.9. The highest BCUT2D eigenvalue weighted by Crippen LogP contribution is 2.10. The molecule has 7 nitrogen and oxygen atoms in total. The van der Waals surface area contributed by atoms with Crippen molar-refractivity contribution in [3.8, 4) is 0 Å². The molecule has 96 valence electrons. The van der Waals surface area contributed by atoms with E-state index in [0.29, 0.717) is 11.5 Å². The van der Waals surface area contributed by atoms with Crippen molar-refractivity contribution < 1.29 is 9.63 Å². The van der Waals surface area contributed by atoms with Crippen LogP contribution in [0.1, 0.15) is 10.4 Å². The van der Waals surface area contributed by atoms with Crippen molar-refractivity contribution in [3.63, 3.8) is 0 Å². The summed E-state index contributed by atoms with van der Waals surface area (Å²) in [5.74, 6) is 0.0732. The summed E-state index contributed by atoms with van der Waals surface area (Å²) in [5.41, 5.74) is 5.44. The predicted octanol–water partition coefficient (Wildman–Crippen LogP) is -0.227. The fraction of sp³-hybridized carbons (Fsp3) is 0.364. The Morgan fingerprint density at radius 1 is 1.33 bits per heavy atom. The lowest BCUT2D eigenvalue weighted by atomic mass is 10.3. The SMILES string of the molecule is C=CON1CCN(c2ncc(C(N)=O)cn2)CC1. The molecular formula is C11H15N5O2. The smallest absolute Gasteiger partial charge is 0.251 e. The van der Waals surface area contributed by atoms with E-state index in [1.165, 1.54) is 18.7 Å². The third kappa shape index (κ3) is 2.75. The first-order chi connectivity index (χ1) is 8.70. The van der Waals surface area contributed by atoms with Gasteiger partial charge < -0.3 is 15.5 Å². The lowest BCUT2D eigenvalue weighted by Crippen LogP contribution is -2.46. The molecular weight excluding hydrogens is 234 g/mol. The fourth-order valence-electron chi connectivity index (χ4n) is 1.71. The van der Waals surface area contributed by atoms with Gasteiger partial charge in [0.1, 0.15) is 6.26 Å². The van der Waals surface area contributed by atoms with Crippen LogP contribution >= 0.6 is 0 Å². The number of hydrogen-bond donors (Lipinski definition) is 1. The van der Waals surface area contributed by atoms with Crippen molar-refractivity contribution in [1.82, 2.24) is 15.0 Å². The topological polar surface area (TPSA) is 84.6 Å². The molecule has 1 saturated heterocycles. The third-order valence-electron chi connectivity index (χ3n) is 2.67. The maximum Gasteiger partial charge on any atom is 0.251 e. The lowest BCUT2D eigenvalue weighted by molar-refractivity contribution is -0.105. The van der Waals surface area contributed by atoms with Gasteiger partial charge in [0.15, 0.2) is 0 Å². The van der Waals surface area contributed by atoms with Gasteiger partial charge in [0.05, 0.1) is 18.7 Å². The number of carbonyl (C=O) groups is 1. The number of amides is 1. The van der Waals surface area contributed by atoms with Crippen LogP contribution < -0.4 is 10.6 Å². The largest absolute Gasteiger partial charge is 0.414 e. The molecule has 0 radical (unpaired) electrons. The van der Waals surface area contributed by atoms with Gasteiger partial charge in [-0.2, -0.15) is 0 Å². The van der Waals surface area contributed by atoms with Crippen molar-refractivity contribution in [2.45, 2.75) is 0 Å². The zero-order valence-electron chi connectivity index (χ0n) is 9.95. The average Bonchev–Trinajstić information content (AvgIpc) is 2.40. The van der Waals surface area contributed by atoms with Crippen LogP contribution in [0.3, 0.4) is 0 Å². The number of nitrogens with zero attached hydrogens (tertiary/aromatic N) is 4. The normalized spacial score (nSPS) is 16.3. The zero-order chi connectivity index (χ0) is 13.0. The first kappa shape index (κ1) is 12.3. The molecule has 1 aromatic rings. The minimum atomic E-state index is -0.522. The summed E-state index contributed by atoms with van der Waals surface area (Å²) in [7, 11) is 0. The van der Waals surface area contributed by atoms with Gasteiger partial charge in [-0.15, -0.1) is 5.06 Å². The Hall–Kier alpha value is -2.15. The van der Waals surface area contributed by atoms with Crippen molar-refractivity contribution >= 4 is 11.9 Å². The van der Waals surface area contributed by atoms with Crippen molar-refractivity contribution in [2.24, 2.45) is 5.73 Å². The highest BCUT2D eigenvalue weighted by Gasteiger charge is 2.19. The van der Waals surface area contributed by atoms with E-state index < -0.39 is 5.91 Å². The molecule has 0 spiro atoms. The summed E-state index contributed by atoms with van der Waals surface area (Å²) < 4.78 is 0. The number of aromatic nitrogens is 2. The molecule has 0 unspecified atom stereocenters. The predicted molar refractivity (Wildman–Crippen MR) is 65.6 cm³/mol. The maximum absolute atomic E-state index is 10.9. The number of piperazine rings is 1. The molecule has 1 aliphatic heterocycles. The molecule has 1 amide bonds. The van der Waals surface area contributed by atoms with Crippen molar-refractivity contribution in [3.05, 3.63) is 30.8 Å². The second kappa shape index (κ2) is 5.46. The van der Waals surface area contributed by atoms with E-state index in [4.69, 9.17) is 10.6 Å². The van der Waals surface area contributed by atoms with Crippen LogP contribution in [0, 0.1) is 0 Å². The molecule has 1 aromatic heterocycles. The molecule has 2 rings (SSSR count). The van der Waals surface area contributed by atoms with Gasteiger partial charge in [-0.05, 0) is 0 Å². The van der Waals surface area contributed by atoms with E-state index in [-0.39, 0.29) is 0 Å². The second-order valence-corrected chi connectivity index (χ2v) is 3.82. The molecule has 7 heteroatoms. The molecule has 18 heavy (non-hydrogen) atoms. The molecule has 0 saturated carbocycles. The highest BCUT2D eigenvalue weighted by atomic mass is 16.7. The lowest BCUT2D eigenvalue weighted by Gasteiger charge is -2.32. The Morgan fingerprint density at radius 3 is 2.44 bits per heavy atom. The zero-order valence-corrected chi connectivity index (χ0v) is 9.95. The molecule has 0 atom stereocenters. The Bertz CT molecular complexity index is 426. The quantitative estimate of drug-likeness (QED) is 0.742. The van der Waals surface area contributed by atoms with Crippen molar-refractivity contribution in [2.75, 3.05) is 31.1 Å². The van der Waals surface area contributed by atoms with Gasteiger partial charge >= 0.3 is 0 Å². The molecule has 2 N–H and O–H groups in total. The first-order valence-corrected chi connectivity index (χ1v) is 5.60. The Balaban J connectivity index is 1.97. The van der Waals surface area contributed by atoms with Crippen molar-refractivity contribution in [1.29, 1.82) is 0 Å². The summed E-state index contributed by atoms with van der Waals surface area (Å²) in [6.07, 6.45) is 4.29. The molecule has 1 fully saturated rings. The fourth-order valence-corrected chi connectivity index (χ4v) is 1.71. The first-order valence-electron chi connectivity index (χ1n) is 5.60. The third-order valence-corrected chi connectivity index (χ3v) is 2.67. The number of carbonyl (C=O) groups excluding carboxylic acids is 1. The van der Waals surface area contributed by atoms with E-state index in [2.05, 4.69) is 16.5 Å². The summed E-state index contributed by atoms with van der Waals surface area (Å²) in [6.45, 7) is 6.51. The minimum Gasteiger partial charge on any atom is -0.414 e. The minimum absolute atomic E-state index is 0.312. The average molecular weight is 249 g/mol. The molecule has 2 heterocycles. The van der Waals surface area contributed by atoms with E-state index in [1.54, 1.807) is 0 Å². The van der Waals surface area contributed by atoms with Crippen LogP contribution in [0.25, 0.3) is 0 Å². The molecule has 0 bridgehead atoms. The number of nitrogens with two attached hydrogens (primary N) is 1. The number of hydroxylamine groups is 2. The summed E-state index contributed by atoms with van der Waals surface area (Å²) in [5, 5.41) is 1.82. The van der Waals surface area contributed by atoms with Crippen LogP contribution in [0.4, 0.5) is 5.95 Å². The Labute approximate surface area is 105 Å². The van der Waals surface area contributed by atoms with E-state index in [0.717, 1.165) is 26.2 Å². The van der Waals surface area contributed by atoms with Gasteiger partial charge in [0.25, 0.3) is 5.91 Å². The summed E-state index contributed by atoms with van der Waals surface area (Å²) in [6, 6.07) is 0. The van der Waals surface area contributed by atoms with Gasteiger partial charge in [-0.3, -0.25) is 4.79 Å². The van der Waals surface area contributed by atoms with Crippen LogP contribution in [-0.4, -0.2) is 47.1 Å². The van der Waals surface area contributed by atoms with E-state index in [1.807, 2.05) is 9.96 Å².